The molecule has 63 heavy (non-hydrogen) atoms. The van der Waals surface area contributed by atoms with Crippen molar-refractivity contribution in [3.8, 4) is 0 Å². The zero-order valence-corrected chi connectivity index (χ0v) is 39.0. The Bertz CT molecular complexity index is 2960. The summed E-state index contributed by atoms with van der Waals surface area (Å²) in [6.45, 7) is 10.3. The molecule has 1 N–H and O–H groups in total. The Morgan fingerprint density at radius 1 is 0.714 bits per heavy atom. The summed E-state index contributed by atoms with van der Waals surface area (Å²) < 4.78 is 69.7. The van der Waals surface area contributed by atoms with Crippen molar-refractivity contribution in [3.63, 3.8) is 0 Å². The van der Waals surface area contributed by atoms with Gasteiger partial charge >= 0.3 is 0 Å². The molecule has 0 fully saturated rings. The third kappa shape index (κ3) is 9.54. The maximum atomic E-state index is 11.6. The fourth-order valence-corrected chi connectivity index (χ4v) is 12.2. The van der Waals surface area contributed by atoms with E-state index in [9.17, 15) is 25.9 Å². The minimum Gasteiger partial charge on any atom is -0.748 e. The smallest absolute Gasteiger partial charge is 0.264 e. The molecule has 11 heteroatoms. The second-order valence-corrected chi connectivity index (χ2v) is 22.1. The molecule has 0 spiro atoms. The third-order valence-electron chi connectivity index (χ3n) is 12.9. The molecule has 2 heterocycles. The molecule has 0 atom stereocenters. The molecule has 0 saturated carbocycles. The first kappa shape index (κ1) is 44.8. The SMILES string of the molecule is CC1(C)C(/C=C/C2=C(Sc3ccccc3)C(=C/C=C3/N(CCCCS(=O)(=O)O)c4ccc5ccccc5c4C3(C)C)/CCC2)=[N+](CCCCS(=O)(=O)[O-])c2ccc3ccccc3c21. The molecular formula is C52H56N2O6S3. The van der Waals surface area contributed by atoms with Crippen LogP contribution >= 0.6 is 11.8 Å². The Labute approximate surface area is 377 Å². The van der Waals surface area contributed by atoms with Gasteiger partial charge in [-0.3, -0.25) is 4.55 Å². The molecule has 0 amide bonds. The molecule has 0 radical (unpaired) electrons. The second-order valence-electron chi connectivity index (χ2n) is 18.0. The molecule has 0 unspecified atom stereocenters. The van der Waals surface area contributed by atoms with Crippen LogP contribution in [0.2, 0.25) is 0 Å². The Hall–Kier alpha value is -4.78. The van der Waals surface area contributed by atoms with Crippen LogP contribution in [0.25, 0.3) is 21.5 Å². The van der Waals surface area contributed by atoms with Crippen LogP contribution in [-0.4, -0.2) is 60.8 Å². The first-order chi connectivity index (χ1) is 30.0. The van der Waals surface area contributed by atoms with E-state index in [1.807, 2.05) is 6.07 Å². The molecule has 8 nitrogen and oxygen atoms in total. The van der Waals surface area contributed by atoms with Crippen molar-refractivity contribution in [3.05, 3.63) is 160 Å². The number of unbranched alkanes of at least 4 members (excludes halogenated alkanes) is 2. The van der Waals surface area contributed by atoms with Crippen LogP contribution in [0.5, 0.6) is 0 Å². The minimum absolute atomic E-state index is 0.262. The van der Waals surface area contributed by atoms with Crippen LogP contribution in [-0.2, 0) is 31.1 Å². The zero-order chi connectivity index (χ0) is 44.6. The Kier molecular flexibility index (Phi) is 12.8. The molecule has 1 aliphatic carbocycles. The van der Waals surface area contributed by atoms with Crippen LogP contribution in [0.1, 0.15) is 83.8 Å². The lowest BCUT2D eigenvalue weighted by Gasteiger charge is -2.28. The summed E-state index contributed by atoms with van der Waals surface area (Å²) in [5.74, 6) is -0.633. The first-order valence-electron chi connectivity index (χ1n) is 21.9. The van der Waals surface area contributed by atoms with E-state index in [4.69, 9.17) is 0 Å². The normalized spacial score (nSPS) is 18.7. The second kappa shape index (κ2) is 18.0. The maximum Gasteiger partial charge on any atom is 0.264 e. The van der Waals surface area contributed by atoms with Crippen LogP contribution < -0.4 is 4.90 Å². The molecule has 5 aromatic carbocycles. The van der Waals surface area contributed by atoms with Gasteiger partial charge in [0.2, 0.25) is 5.69 Å². The van der Waals surface area contributed by atoms with Gasteiger partial charge in [0.15, 0.2) is 5.71 Å². The van der Waals surface area contributed by atoms with E-state index in [1.54, 1.807) is 11.8 Å². The van der Waals surface area contributed by atoms with Gasteiger partial charge in [-0.2, -0.15) is 13.0 Å². The van der Waals surface area contributed by atoms with Gasteiger partial charge in [0.05, 0.1) is 21.3 Å². The van der Waals surface area contributed by atoms with Crippen LogP contribution in [0.3, 0.4) is 0 Å². The molecule has 0 bridgehead atoms. The highest BCUT2D eigenvalue weighted by atomic mass is 32.2. The van der Waals surface area contributed by atoms with E-state index in [0.29, 0.717) is 38.8 Å². The van der Waals surface area contributed by atoms with Gasteiger partial charge in [-0.1, -0.05) is 111 Å². The molecule has 8 rings (SSSR count). The molecule has 328 valence electrons. The van der Waals surface area contributed by atoms with E-state index in [-0.39, 0.29) is 22.3 Å². The molecule has 2 aliphatic heterocycles. The van der Waals surface area contributed by atoms with E-state index in [1.165, 1.54) is 48.7 Å². The summed E-state index contributed by atoms with van der Waals surface area (Å²) in [4.78, 5) is 4.73. The van der Waals surface area contributed by atoms with Crippen molar-refractivity contribution in [1.82, 2.24) is 0 Å². The van der Waals surface area contributed by atoms with Gasteiger partial charge in [0.25, 0.3) is 10.1 Å². The summed E-state index contributed by atoms with van der Waals surface area (Å²) >= 11 is 1.79. The van der Waals surface area contributed by atoms with Gasteiger partial charge in [-0.15, -0.1) is 0 Å². The van der Waals surface area contributed by atoms with Gasteiger partial charge in [-0.05, 0) is 121 Å². The topological polar surface area (TPSA) is 118 Å². The molecule has 5 aromatic rings. The quantitative estimate of drug-likeness (QED) is 0.0627. The summed E-state index contributed by atoms with van der Waals surface area (Å²) in [6.07, 6.45) is 13.8. The number of fused-ring (bicyclic) bond motifs is 6. The van der Waals surface area contributed by atoms with E-state index in [2.05, 4.69) is 159 Å². The lowest BCUT2D eigenvalue weighted by Crippen LogP contribution is -2.28. The number of hydrogen-bond acceptors (Lipinski definition) is 7. The Morgan fingerprint density at radius 2 is 1.37 bits per heavy atom. The van der Waals surface area contributed by atoms with Crippen LogP contribution in [0.15, 0.2) is 154 Å². The largest absolute Gasteiger partial charge is 0.748 e. The van der Waals surface area contributed by atoms with Gasteiger partial charge < -0.3 is 9.45 Å². The van der Waals surface area contributed by atoms with Gasteiger partial charge in [0, 0.05) is 63.0 Å². The number of hydrogen-bond donors (Lipinski definition) is 1. The van der Waals surface area contributed by atoms with Gasteiger partial charge in [0.1, 0.15) is 6.54 Å². The van der Waals surface area contributed by atoms with Crippen molar-refractivity contribution in [2.75, 3.05) is 29.5 Å². The molecule has 0 saturated heterocycles. The zero-order valence-electron chi connectivity index (χ0n) is 36.5. The minimum atomic E-state index is -4.30. The highest BCUT2D eigenvalue weighted by molar-refractivity contribution is 8.03. The van der Waals surface area contributed by atoms with Crippen molar-refractivity contribution in [2.45, 2.75) is 88.4 Å². The molecule has 0 aromatic heterocycles. The average Bonchev–Trinajstić information content (AvgIpc) is 3.60. The summed E-state index contributed by atoms with van der Waals surface area (Å²) in [6, 6.07) is 36.1. The van der Waals surface area contributed by atoms with E-state index < -0.39 is 20.2 Å². The third-order valence-corrected chi connectivity index (χ3v) is 15.7. The van der Waals surface area contributed by atoms with Gasteiger partial charge in [-0.25, -0.2) is 8.42 Å². The van der Waals surface area contributed by atoms with Crippen molar-refractivity contribution < 1.29 is 30.5 Å². The van der Waals surface area contributed by atoms with E-state index >= 15 is 0 Å². The van der Waals surface area contributed by atoms with Crippen molar-refractivity contribution >= 4 is 70.6 Å². The molecule has 3 aliphatic rings. The highest BCUT2D eigenvalue weighted by Crippen LogP contribution is 2.52. The van der Waals surface area contributed by atoms with Crippen LogP contribution in [0, 0.1) is 0 Å². The maximum absolute atomic E-state index is 11.6. The fraction of sp³-hybridized carbons (Fsp3) is 0.327. The highest BCUT2D eigenvalue weighted by Gasteiger charge is 2.45. The number of thioether (sulfide) groups is 1. The first-order valence-corrected chi connectivity index (χ1v) is 25.9. The molecular weight excluding hydrogens is 845 g/mol. The Morgan fingerprint density at radius 3 is 2.06 bits per heavy atom. The number of benzene rings is 5. The predicted octanol–water partition coefficient (Wildman–Crippen LogP) is 11.8. The lowest BCUT2D eigenvalue weighted by molar-refractivity contribution is -0.438. The number of rotatable bonds is 15. The number of nitrogens with zero attached hydrogens (tertiary/aromatic N) is 2. The predicted molar refractivity (Wildman–Crippen MR) is 259 cm³/mol. The summed E-state index contributed by atoms with van der Waals surface area (Å²) in [5.41, 5.74) is 8.82. The van der Waals surface area contributed by atoms with Crippen molar-refractivity contribution in [1.29, 1.82) is 0 Å². The summed E-state index contributed by atoms with van der Waals surface area (Å²) in [5, 5.41) is 4.75. The summed E-state index contributed by atoms with van der Waals surface area (Å²) in [7, 11) is -8.35. The average molecular weight is 901 g/mol. The van der Waals surface area contributed by atoms with E-state index in [0.717, 1.165) is 46.9 Å². The fourth-order valence-electron chi connectivity index (χ4n) is 9.97. The Balaban J connectivity index is 1.22. The van der Waals surface area contributed by atoms with Crippen molar-refractivity contribution in [2.24, 2.45) is 0 Å². The number of allylic oxidation sites excluding steroid dienone is 7. The lowest BCUT2D eigenvalue weighted by atomic mass is 9.78. The monoisotopic (exact) mass is 900 g/mol. The number of anilines is 1. The van der Waals surface area contributed by atoms with Crippen LogP contribution in [0.4, 0.5) is 11.4 Å². The standard InChI is InChI=1S/C52H56N2O6S3/c1-51(2)46(53(33-12-14-35-62(55,56)57)44-29-25-37-17-8-10-23-42(37)48(44)51)31-27-39-19-16-20-40(50(39)61-41-21-6-5-7-22-41)28-32-47-52(3,4)49-43-24-11-9-18-38(43)26-30-45(49)54(47)34-13-15-36-63(58,59)60/h5-11,17-18,21-32H,12-16,19-20,33-36H2,1-4H3,(H-,55,56,57,58,59,60).